The van der Waals surface area contributed by atoms with Crippen molar-refractivity contribution in [1.29, 1.82) is 0 Å². The molecule has 2 aromatic heterocycles. The monoisotopic (exact) mass is 471 g/mol. The number of nitrogens with zero attached hydrogens (tertiary/aromatic N) is 1. The maximum Gasteiger partial charge on any atom is 0.354 e. The number of pyridine rings is 1. The van der Waals surface area contributed by atoms with E-state index < -0.39 is 16.9 Å². The number of rotatable bonds is 4. The first-order valence-electron chi connectivity index (χ1n) is 10.5. The average molecular weight is 471 g/mol. The van der Waals surface area contributed by atoms with Gasteiger partial charge in [-0.1, -0.05) is 60.3 Å². The second-order valence-corrected chi connectivity index (χ2v) is 8.87. The number of hydrogen-bond acceptors (Lipinski definition) is 7. The summed E-state index contributed by atoms with van der Waals surface area (Å²) in [6, 6.07) is 22.0. The molecule has 0 saturated carbocycles. The second kappa shape index (κ2) is 8.00. The third-order valence-corrected chi connectivity index (χ3v) is 6.76. The van der Waals surface area contributed by atoms with Crippen molar-refractivity contribution in [2.45, 2.75) is 16.3 Å². The predicted molar refractivity (Wildman–Crippen MR) is 128 cm³/mol. The van der Waals surface area contributed by atoms with Crippen LogP contribution in [0.5, 0.6) is 17.2 Å². The number of hydrogen-bond donors (Lipinski definition) is 1. The zero-order chi connectivity index (χ0) is 23.2. The van der Waals surface area contributed by atoms with Gasteiger partial charge in [0, 0.05) is 16.3 Å². The third kappa shape index (κ3) is 3.31. The number of aromatic nitrogens is 1. The summed E-state index contributed by atoms with van der Waals surface area (Å²) in [7, 11) is 0. The lowest BCUT2D eigenvalue weighted by Gasteiger charge is -2.15. The Hall–Kier alpha value is -4.17. The molecule has 1 aliphatic heterocycles. The van der Waals surface area contributed by atoms with Gasteiger partial charge in [0.2, 0.25) is 6.79 Å². The van der Waals surface area contributed by atoms with E-state index in [1.165, 1.54) is 0 Å². The zero-order valence-corrected chi connectivity index (χ0v) is 18.5. The molecule has 6 rings (SSSR count). The molecule has 3 heterocycles. The number of benzene rings is 3. The summed E-state index contributed by atoms with van der Waals surface area (Å²) in [5.41, 5.74) is 0.234. The fraction of sp³-hybridized carbons (Fsp3) is 0.0769. The summed E-state index contributed by atoms with van der Waals surface area (Å²) in [5, 5.41) is 11.6. The lowest BCUT2D eigenvalue weighted by atomic mass is 10.1. The molecule has 8 heteroatoms. The Kier molecular flexibility index (Phi) is 4.81. The molecule has 0 fully saturated rings. The van der Waals surface area contributed by atoms with Gasteiger partial charge < -0.3 is 23.6 Å². The van der Waals surface area contributed by atoms with Crippen molar-refractivity contribution >= 4 is 33.6 Å². The van der Waals surface area contributed by atoms with Gasteiger partial charge in [0.15, 0.2) is 22.8 Å². The van der Waals surface area contributed by atoms with Gasteiger partial charge in [0.05, 0.1) is 12.1 Å². The van der Waals surface area contributed by atoms with Crippen LogP contribution in [0.4, 0.5) is 0 Å². The summed E-state index contributed by atoms with van der Waals surface area (Å²) in [5.74, 6) is 0.575. The lowest BCUT2D eigenvalue weighted by molar-refractivity contribution is 0.174. The standard InChI is InChI=1S/C26H17NO6S/c28-22-21-23(33-26(30)24(22)34-16-9-5-2-6-10-16)17-11-19-20(32-14-31-19)12-18(17)27(25(21)29)13-15-7-3-1-4-8-15/h1-12,28H,13-14H2. The highest BCUT2D eigenvalue weighted by molar-refractivity contribution is 7.99. The normalized spacial score (nSPS) is 12.5. The van der Waals surface area contributed by atoms with E-state index in [2.05, 4.69) is 0 Å². The molecule has 34 heavy (non-hydrogen) atoms. The van der Waals surface area contributed by atoms with Crippen LogP contribution in [0.3, 0.4) is 0 Å². The van der Waals surface area contributed by atoms with Crippen molar-refractivity contribution in [2.75, 3.05) is 6.79 Å². The maximum atomic E-state index is 13.7. The van der Waals surface area contributed by atoms with E-state index in [1.54, 1.807) is 16.7 Å². The minimum absolute atomic E-state index is 0.0162. The summed E-state index contributed by atoms with van der Waals surface area (Å²) in [6.45, 7) is 0.311. The minimum atomic E-state index is -0.724. The van der Waals surface area contributed by atoms with Crippen molar-refractivity contribution in [3.63, 3.8) is 0 Å². The van der Waals surface area contributed by atoms with E-state index in [-0.39, 0.29) is 29.2 Å². The van der Waals surface area contributed by atoms with Crippen LogP contribution >= 0.6 is 11.8 Å². The fourth-order valence-electron chi connectivity index (χ4n) is 4.10. The molecule has 0 aliphatic carbocycles. The molecule has 0 atom stereocenters. The molecule has 0 bridgehead atoms. The second-order valence-electron chi connectivity index (χ2n) is 7.79. The van der Waals surface area contributed by atoms with Crippen LogP contribution in [0.15, 0.2) is 96.6 Å². The van der Waals surface area contributed by atoms with Crippen LogP contribution in [0.1, 0.15) is 5.56 Å². The Morgan fingerprint density at radius 2 is 1.59 bits per heavy atom. The molecule has 0 saturated heterocycles. The number of ether oxygens (including phenoxy) is 2. The largest absolute Gasteiger partial charge is 0.505 e. The van der Waals surface area contributed by atoms with Crippen molar-refractivity contribution in [3.8, 4) is 17.2 Å². The molecule has 0 spiro atoms. The number of fused-ring (bicyclic) bond motifs is 4. The van der Waals surface area contributed by atoms with E-state index in [9.17, 15) is 14.7 Å². The lowest BCUT2D eigenvalue weighted by Crippen LogP contribution is -2.22. The quantitative estimate of drug-likeness (QED) is 0.379. The van der Waals surface area contributed by atoms with Gasteiger partial charge in [0.25, 0.3) is 5.56 Å². The van der Waals surface area contributed by atoms with Crippen LogP contribution in [0.25, 0.3) is 21.9 Å². The fourth-order valence-corrected chi connectivity index (χ4v) is 4.95. The Morgan fingerprint density at radius 1 is 0.912 bits per heavy atom. The summed E-state index contributed by atoms with van der Waals surface area (Å²) in [6.07, 6.45) is 0. The van der Waals surface area contributed by atoms with E-state index in [0.29, 0.717) is 22.4 Å². The van der Waals surface area contributed by atoms with Gasteiger partial charge in [0.1, 0.15) is 10.3 Å². The van der Waals surface area contributed by atoms with Crippen LogP contribution < -0.4 is 20.7 Å². The van der Waals surface area contributed by atoms with Crippen molar-refractivity contribution in [1.82, 2.24) is 4.57 Å². The van der Waals surface area contributed by atoms with Gasteiger partial charge in [-0.2, -0.15) is 0 Å². The van der Waals surface area contributed by atoms with Crippen LogP contribution in [-0.2, 0) is 6.54 Å². The van der Waals surface area contributed by atoms with E-state index in [1.807, 2.05) is 60.7 Å². The first kappa shape index (κ1) is 20.4. The van der Waals surface area contributed by atoms with Gasteiger partial charge in [-0.25, -0.2) is 4.79 Å². The first-order valence-corrected chi connectivity index (χ1v) is 11.3. The molecule has 0 radical (unpaired) electrons. The van der Waals surface area contributed by atoms with Crippen molar-refractivity contribution < 1.29 is 19.0 Å². The molecule has 1 N–H and O–H groups in total. The molecular weight excluding hydrogens is 454 g/mol. The van der Waals surface area contributed by atoms with Crippen molar-refractivity contribution in [3.05, 3.63) is 99.1 Å². The van der Waals surface area contributed by atoms with E-state index in [0.717, 1.165) is 22.2 Å². The Bertz CT molecular complexity index is 1680. The third-order valence-electron chi connectivity index (χ3n) is 5.69. The Labute approximate surface area is 196 Å². The number of aromatic hydroxyl groups is 1. The molecule has 168 valence electrons. The first-order chi connectivity index (χ1) is 16.6. The Balaban J connectivity index is 1.67. The topological polar surface area (TPSA) is 90.9 Å². The van der Waals surface area contributed by atoms with Crippen LogP contribution in [0, 0.1) is 0 Å². The predicted octanol–water partition coefficient (Wildman–Crippen LogP) is 4.74. The molecule has 0 amide bonds. The maximum absolute atomic E-state index is 13.7. The Morgan fingerprint density at radius 3 is 2.32 bits per heavy atom. The summed E-state index contributed by atoms with van der Waals surface area (Å²) in [4.78, 5) is 27.3. The summed E-state index contributed by atoms with van der Waals surface area (Å²) < 4.78 is 18.2. The minimum Gasteiger partial charge on any atom is -0.505 e. The zero-order valence-electron chi connectivity index (χ0n) is 17.7. The highest BCUT2D eigenvalue weighted by atomic mass is 32.2. The van der Waals surface area contributed by atoms with Gasteiger partial charge >= 0.3 is 5.63 Å². The molecular formula is C26H17NO6S. The van der Waals surface area contributed by atoms with Gasteiger partial charge in [-0.3, -0.25) is 4.79 Å². The highest BCUT2D eigenvalue weighted by Gasteiger charge is 2.25. The van der Waals surface area contributed by atoms with Crippen LogP contribution in [0.2, 0.25) is 0 Å². The molecule has 0 unspecified atom stereocenters. The smallest absolute Gasteiger partial charge is 0.354 e. The summed E-state index contributed by atoms with van der Waals surface area (Å²) >= 11 is 1.05. The molecule has 5 aromatic rings. The molecule has 1 aliphatic rings. The van der Waals surface area contributed by atoms with E-state index >= 15 is 0 Å². The SMILES string of the molecule is O=c1oc2c(c(O)c1Sc1ccccc1)c(=O)n(Cc1ccccc1)c1cc3c(cc21)OCO3. The van der Waals surface area contributed by atoms with Crippen LogP contribution in [-0.4, -0.2) is 16.5 Å². The average Bonchev–Trinajstić information content (AvgIpc) is 3.32. The molecule has 7 nitrogen and oxygen atoms in total. The van der Waals surface area contributed by atoms with Crippen molar-refractivity contribution in [2.24, 2.45) is 0 Å². The highest BCUT2D eigenvalue weighted by Crippen LogP contribution is 2.41. The molecule has 3 aromatic carbocycles. The van der Waals surface area contributed by atoms with Gasteiger partial charge in [-0.05, 0) is 23.8 Å². The van der Waals surface area contributed by atoms with Gasteiger partial charge in [-0.15, -0.1) is 0 Å². The van der Waals surface area contributed by atoms with E-state index in [4.69, 9.17) is 13.9 Å².